The number of ether oxygens (including phenoxy) is 1. The summed E-state index contributed by atoms with van der Waals surface area (Å²) in [6.07, 6.45) is 3.63. The van der Waals surface area contributed by atoms with Crippen LogP contribution in [-0.4, -0.2) is 50.9 Å². The molecule has 0 fully saturated rings. The van der Waals surface area contributed by atoms with Crippen molar-refractivity contribution >= 4 is 5.96 Å². The molecular formula is C16H24N8O. The van der Waals surface area contributed by atoms with E-state index in [0.717, 1.165) is 48.5 Å². The van der Waals surface area contributed by atoms with Gasteiger partial charge < -0.3 is 15.4 Å². The van der Waals surface area contributed by atoms with E-state index in [0.29, 0.717) is 13.2 Å². The molecule has 1 atom stereocenters. The number of hydrogen-bond donors (Lipinski definition) is 2. The first-order valence-electron chi connectivity index (χ1n) is 8.35. The molecule has 134 valence electrons. The zero-order chi connectivity index (χ0) is 17.6. The van der Waals surface area contributed by atoms with Crippen LogP contribution in [0.4, 0.5) is 0 Å². The monoisotopic (exact) mass is 344 g/mol. The van der Waals surface area contributed by atoms with Crippen molar-refractivity contribution in [3.8, 4) is 0 Å². The van der Waals surface area contributed by atoms with Gasteiger partial charge in [-0.2, -0.15) is 5.10 Å². The third-order valence-electron chi connectivity index (χ3n) is 4.01. The summed E-state index contributed by atoms with van der Waals surface area (Å²) >= 11 is 0. The van der Waals surface area contributed by atoms with Crippen LogP contribution in [0.25, 0.3) is 0 Å². The second kappa shape index (κ2) is 8.02. The molecule has 3 rings (SSSR count). The number of fused-ring (bicyclic) bond motifs is 1. The van der Waals surface area contributed by atoms with Crippen LogP contribution in [0.1, 0.15) is 29.6 Å². The molecular weight excluding hydrogens is 320 g/mol. The largest absolute Gasteiger partial charge is 0.377 e. The Kier molecular flexibility index (Phi) is 5.54. The third-order valence-corrected chi connectivity index (χ3v) is 4.01. The average Bonchev–Trinajstić information content (AvgIpc) is 3.00. The van der Waals surface area contributed by atoms with Gasteiger partial charge in [0.2, 0.25) is 0 Å². The standard InChI is InChI=1S/C16H24N8O/c1-11-18-7-6-12(20-11)8-19-16(17-2)21-13-4-5-15-22-14(10-25-3)23-24(15)9-13/h6-7,13H,4-5,8-10H2,1-3H3,(H2,17,19,21). The minimum atomic E-state index is 0.253. The van der Waals surface area contributed by atoms with E-state index in [1.807, 2.05) is 17.7 Å². The minimum Gasteiger partial charge on any atom is -0.377 e. The number of methoxy groups -OCH3 is 1. The summed E-state index contributed by atoms with van der Waals surface area (Å²) in [4.78, 5) is 17.3. The fourth-order valence-corrected chi connectivity index (χ4v) is 2.83. The van der Waals surface area contributed by atoms with Crippen LogP contribution in [0, 0.1) is 6.92 Å². The number of aromatic nitrogens is 5. The van der Waals surface area contributed by atoms with E-state index in [9.17, 15) is 0 Å². The SMILES string of the molecule is CN=C(NCc1ccnc(C)n1)NC1CCc2nc(COC)nn2C1. The molecule has 3 heterocycles. The first-order valence-corrected chi connectivity index (χ1v) is 8.35. The number of aliphatic imine (C=N–C) groups is 1. The van der Waals surface area contributed by atoms with Crippen LogP contribution >= 0.6 is 0 Å². The summed E-state index contributed by atoms with van der Waals surface area (Å²) in [7, 11) is 3.42. The Hall–Kier alpha value is -2.55. The van der Waals surface area contributed by atoms with Crippen LogP contribution in [0.5, 0.6) is 0 Å². The predicted molar refractivity (Wildman–Crippen MR) is 92.9 cm³/mol. The van der Waals surface area contributed by atoms with Gasteiger partial charge in [0.1, 0.15) is 18.3 Å². The number of nitrogens with one attached hydrogen (secondary N) is 2. The van der Waals surface area contributed by atoms with Gasteiger partial charge in [-0.15, -0.1) is 0 Å². The van der Waals surface area contributed by atoms with Gasteiger partial charge in [-0.05, 0) is 19.4 Å². The lowest BCUT2D eigenvalue weighted by molar-refractivity contribution is 0.177. The average molecular weight is 344 g/mol. The normalized spacial score (nSPS) is 17.2. The Morgan fingerprint density at radius 1 is 1.44 bits per heavy atom. The van der Waals surface area contributed by atoms with Crippen molar-refractivity contribution in [3.05, 3.63) is 35.4 Å². The molecule has 0 bridgehead atoms. The number of nitrogens with zero attached hydrogens (tertiary/aromatic N) is 6. The molecule has 25 heavy (non-hydrogen) atoms. The van der Waals surface area contributed by atoms with E-state index in [1.165, 1.54) is 0 Å². The van der Waals surface area contributed by atoms with Gasteiger partial charge in [-0.1, -0.05) is 0 Å². The zero-order valence-corrected chi connectivity index (χ0v) is 14.9. The van der Waals surface area contributed by atoms with E-state index in [2.05, 4.69) is 35.7 Å². The van der Waals surface area contributed by atoms with E-state index >= 15 is 0 Å². The van der Waals surface area contributed by atoms with Crippen molar-refractivity contribution in [2.24, 2.45) is 4.99 Å². The van der Waals surface area contributed by atoms with Crippen molar-refractivity contribution in [2.45, 2.75) is 45.5 Å². The van der Waals surface area contributed by atoms with Crippen LogP contribution in [0.15, 0.2) is 17.3 Å². The molecule has 0 spiro atoms. The van der Waals surface area contributed by atoms with E-state index in [4.69, 9.17) is 4.74 Å². The first-order chi connectivity index (χ1) is 12.2. The van der Waals surface area contributed by atoms with Crippen LogP contribution < -0.4 is 10.6 Å². The molecule has 9 nitrogen and oxygen atoms in total. The molecule has 0 aliphatic carbocycles. The highest BCUT2D eigenvalue weighted by Gasteiger charge is 2.22. The maximum atomic E-state index is 5.10. The smallest absolute Gasteiger partial charge is 0.191 e. The molecule has 2 aromatic rings. The third kappa shape index (κ3) is 4.50. The number of rotatable bonds is 5. The van der Waals surface area contributed by atoms with Gasteiger partial charge in [-0.3, -0.25) is 4.99 Å². The minimum absolute atomic E-state index is 0.253. The van der Waals surface area contributed by atoms with Crippen LogP contribution in [0.2, 0.25) is 0 Å². The summed E-state index contributed by atoms with van der Waals surface area (Å²) in [5.74, 6) is 3.27. The maximum absolute atomic E-state index is 5.10. The predicted octanol–water partition coefficient (Wildman–Crippen LogP) is 0.203. The summed E-state index contributed by atoms with van der Waals surface area (Å²) < 4.78 is 7.06. The zero-order valence-electron chi connectivity index (χ0n) is 14.9. The van der Waals surface area contributed by atoms with Gasteiger partial charge in [0.15, 0.2) is 11.8 Å². The number of guanidine groups is 1. The Morgan fingerprint density at radius 3 is 3.08 bits per heavy atom. The summed E-state index contributed by atoms with van der Waals surface area (Å²) in [5.41, 5.74) is 0.932. The van der Waals surface area contributed by atoms with Crippen molar-refractivity contribution in [3.63, 3.8) is 0 Å². The molecule has 1 aliphatic heterocycles. The quantitative estimate of drug-likeness (QED) is 0.590. The summed E-state index contributed by atoms with van der Waals surface area (Å²) in [6.45, 7) is 3.69. The molecule has 9 heteroatoms. The molecule has 0 aromatic carbocycles. The Balaban J connectivity index is 1.55. The van der Waals surface area contributed by atoms with Crippen LogP contribution in [-0.2, 0) is 30.9 Å². The molecule has 0 saturated carbocycles. The van der Waals surface area contributed by atoms with E-state index in [-0.39, 0.29) is 6.04 Å². The molecule has 0 saturated heterocycles. The van der Waals surface area contributed by atoms with Crippen LogP contribution in [0.3, 0.4) is 0 Å². The fraction of sp³-hybridized carbons (Fsp3) is 0.562. The van der Waals surface area contributed by atoms with Gasteiger partial charge in [0.05, 0.1) is 18.8 Å². The van der Waals surface area contributed by atoms with Gasteiger partial charge >= 0.3 is 0 Å². The highest BCUT2D eigenvalue weighted by Crippen LogP contribution is 2.13. The Bertz CT molecular complexity index is 741. The second-order valence-corrected chi connectivity index (χ2v) is 5.96. The molecule has 0 amide bonds. The Labute approximate surface area is 147 Å². The molecule has 2 aromatic heterocycles. The van der Waals surface area contributed by atoms with Gasteiger partial charge in [0.25, 0.3) is 0 Å². The van der Waals surface area contributed by atoms with Crippen molar-refractivity contribution in [1.82, 2.24) is 35.4 Å². The lowest BCUT2D eigenvalue weighted by Gasteiger charge is -2.25. The number of hydrogen-bond acceptors (Lipinski definition) is 6. The fourth-order valence-electron chi connectivity index (χ4n) is 2.83. The van der Waals surface area contributed by atoms with Crippen molar-refractivity contribution in [2.75, 3.05) is 14.2 Å². The van der Waals surface area contributed by atoms with Gasteiger partial charge in [0, 0.05) is 32.8 Å². The number of aryl methyl sites for hydroxylation is 2. The lowest BCUT2D eigenvalue weighted by Crippen LogP contribution is -2.46. The van der Waals surface area contributed by atoms with Crippen molar-refractivity contribution < 1.29 is 4.74 Å². The second-order valence-electron chi connectivity index (χ2n) is 5.96. The highest BCUT2D eigenvalue weighted by molar-refractivity contribution is 5.79. The molecule has 1 unspecified atom stereocenters. The summed E-state index contributed by atoms with van der Waals surface area (Å²) in [6, 6.07) is 2.15. The van der Waals surface area contributed by atoms with E-state index in [1.54, 1.807) is 20.4 Å². The summed E-state index contributed by atoms with van der Waals surface area (Å²) in [5, 5.41) is 11.2. The molecule has 2 N–H and O–H groups in total. The lowest BCUT2D eigenvalue weighted by atomic mass is 10.1. The highest BCUT2D eigenvalue weighted by atomic mass is 16.5. The topological polar surface area (TPSA) is 102 Å². The van der Waals surface area contributed by atoms with Gasteiger partial charge in [-0.25, -0.2) is 19.6 Å². The van der Waals surface area contributed by atoms with E-state index < -0.39 is 0 Å². The Morgan fingerprint density at radius 2 is 2.32 bits per heavy atom. The molecule has 1 aliphatic rings. The van der Waals surface area contributed by atoms with Crippen molar-refractivity contribution in [1.29, 1.82) is 0 Å². The molecule has 0 radical (unpaired) electrons. The maximum Gasteiger partial charge on any atom is 0.191 e. The first kappa shape index (κ1) is 17.3.